The second-order valence-corrected chi connectivity index (χ2v) is 4.35. The van der Waals surface area contributed by atoms with Gasteiger partial charge in [-0.2, -0.15) is 0 Å². The number of hydrazine groups is 1. The van der Waals surface area contributed by atoms with E-state index in [2.05, 4.69) is 11.5 Å². The van der Waals surface area contributed by atoms with Crippen molar-refractivity contribution in [1.82, 2.24) is 5.43 Å². The van der Waals surface area contributed by atoms with E-state index < -0.39 is 0 Å². The molecule has 0 saturated heterocycles. The molecule has 1 unspecified atom stereocenters. The fraction of sp³-hybridized carbons (Fsp3) is 0.538. The lowest BCUT2D eigenvalue weighted by molar-refractivity contribution is 0.0606. The lowest BCUT2D eigenvalue weighted by Crippen LogP contribution is -2.32. The largest absolute Gasteiger partial charge is 0.496 e. The van der Waals surface area contributed by atoms with E-state index in [1.165, 1.54) is 5.56 Å². The lowest BCUT2D eigenvalue weighted by Gasteiger charge is -2.20. The molecule has 4 nitrogen and oxygen atoms in total. The third-order valence-electron chi connectivity index (χ3n) is 2.56. The van der Waals surface area contributed by atoms with Crippen LogP contribution >= 0.6 is 0 Å². The molecule has 0 radical (unpaired) electrons. The van der Waals surface area contributed by atoms with E-state index in [1.54, 1.807) is 7.11 Å². The van der Waals surface area contributed by atoms with Gasteiger partial charge in [0.1, 0.15) is 5.75 Å². The molecule has 1 aromatic rings. The molecule has 0 saturated carbocycles. The highest BCUT2D eigenvalue weighted by molar-refractivity contribution is 5.39. The summed E-state index contributed by atoms with van der Waals surface area (Å²) in [5, 5.41) is 0. The minimum absolute atomic E-state index is 0.0627. The van der Waals surface area contributed by atoms with Crippen LogP contribution < -0.4 is 16.0 Å². The van der Waals surface area contributed by atoms with Gasteiger partial charge in [-0.1, -0.05) is 17.7 Å². The van der Waals surface area contributed by atoms with Crippen molar-refractivity contribution in [3.63, 3.8) is 0 Å². The second-order valence-electron chi connectivity index (χ2n) is 4.35. The first-order valence-corrected chi connectivity index (χ1v) is 5.80. The molecule has 0 amide bonds. The molecule has 0 fully saturated rings. The number of hydrogen-bond acceptors (Lipinski definition) is 4. The summed E-state index contributed by atoms with van der Waals surface area (Å²) in [6, 6.07) is 5.96. The van der Waals surface area contributed by atoms with Crippen LogP contribution in [-0.4, -0.2) is 19.8 Å². The van der Waals surface area contributed by atoms with Gasteiger partial charge in [0.25, 0.3) is 0 Å². The molecule has 17 heavy (non-hydrogen) atoms. The van der Waals surface area contributed by atoms with Crippen LogP contribution in [0.15, 0.2) is 18.2 Å². The van der Waals surface area contributed by atoms with Crippen LogP contribution in [0.3, 0.4) is 0 Å². The van der Waals surface area contributed by atoms with Crippen LogP contribution in [0.1, 0.15) is 31.0 Å². The highest BCUT2D eigenvalue weighted by Crippen LogP contribution is 2.26. The van der Waals surface area contributed by atoms with Gasteiger partial charge in [0.2, 0.25) is 0 Å². The molecule has 96 valence electrons. The summed E-state index contributed by atoms with van der Waals surface area (Å²) in [7, 11) is 1.66. The van der Waals surface area contributed by atoms with Crippen molar-refractivity contribution < 1.29 is 9.47 Å². The molecule has 4 heteroatoms. The Bertz CT molecular complexity index is 353. The molecule has 3 N–H and O–H groups in total. The predicted molar refractivity (Wildman–Crippen MR) is 68.9 cm³/mol. The van der Waals surface area contributed by atoms with Gasteiger partial charge in [0, 0.05) is 5.56 Å². The van der Waals surface area contributed by atoms with E-state index in [1.807, 2.05) is 32.9 Å². The number of methoxy groups -OCH3 is 1. The first-order valence-electron chi connectivity index (χ1n) is 5.80. The van der Waals surface area contributed by atoms with Crippen LogP contribution in [0.5, 0.6) is 5.75 Å². The highest BCUT2D eigenvalue weighted by atomic mass is 16.5. The summed E-state index contributed by atoms with van der Waals surface area (Å²) in [6.07, 6.45) is 0.182. The first-order chi connectivity index (χ1) is 8.08. The first kappa shape index (κ1) is 14.0. The van der Waals surface area contributed by atoms with Crippen LogP contribution in [0.4, 0.5) is 0 Å². The minimum atomic E-state index is -0.0627. The van der Waals surface area contributed by atoms with Gasteiger partial charge in [-0.3, -0.25) is 11.3 Å². The number of rotatable bonds is 6. The molecule has 0 bridgehead atoms. The molecule has 0 aliphatic carbocycles. The maximum atomic E-state index is 5.59. The smallest absolute Gasteiger partial charge is 0.123 e. The van der Waals surface area contributed by atoms with E-state index in [0.29, 0.717) is 6.61 Å². The van der Waals surface area contributed by atoms with Gasteiger partial charge in [0.05, 0.1) is 25.9 Å². The molecule has 1 aromatic carbocycles. The lowest BCUT2D eigenvalue weighted by atomic mass is 10.0. The average molecular weight is 238 g/mol. The topological polar surface area (TPSA) is 56.5 Å². The Morgan fingerprint density at radius 3 is 2.59 bits per heavy atom. The predicted octanol–water partition coefficient (Wildman–Crippen LogP) is 1.93. The normalized spacial score (nSPS) is 12.8. The minimum Gasteiger partial charge on any atom is -0.496 e. The zero-order valence-electron chi connectivity index (χ0n) is 11.0. The molecule has 0 heterocycles. The Morgan fingerprint density at radius 2 is 2.06 bits per heavy atom. The highest BCUT2D eigenvalue weighted by Gasteiger charge is 2.15. The summed E-state index contributed by atoms with van der Waals surface area (Å²) < 4.78 is 10.9. The fourth-order valence-electron chi connectivity index (χ4n) is 1.64. The van der Waals surface area contributed by atoms with E-state index in [9.17, 15) is 0 Å². The monoisotopic (exact) mass is 238 g/mol. The Balaban J connectivity index is 2.89. The fourth-order valence-corrected chi connectivity index (χ4v) is 1.64. The molecule has 1 atom stereocenters. The summed E-state index contributed by atoms with van der Waals surface area (Å²) >= 11 is 0. The third kappa shape index (κ3) is 4.00. The van der Waals surface area contributed by atoms with Gasteiger partial charge >= 0.3 is 0 Å². The Kier molecular flexibility index (Phi) is 5.41. The zero-order valence-corrected chi connectivity index (χ0v) is 11.0. The summed E-state index contributed by atoms with van der Waals surface area (Å²) in [4.78, 5) is 0. The molecule has 0 aliphatic rings. The number of nitrogens with two attached hydrogens (primary N) is 1. The van der Waals surface area contributed by atoms with E-state index in [-0.39, 0.29) is 12.1 Å². The van der Waals surface area contributed by atoms with Crippen molar-refractivity contribution in [3.05, 3.63) is 29.3 Å². The zero-order chi connectivity index (χ0) is 12.8. The quantitative estimate of drug-likeness (QED) is 0.587. The van der Waals surface area contributed by atoms with Crippen LogP contribution in [0, 0.1) is 6.92 Å². The number of ether oxygens (including phenoxy) is 2. The van der Waals surface area contributed by atoms with Crippen molar-refractivity contribution in [1.29, 1.82) is 0 Å². The molecule has 0 aliphatic heterocycles. The summed E-state index contributed by atoms with van der Waals surface area (Å²) in [5.41, 5.74) is 4.97. The molecular weight excluding hydrogens is 216 g/mol. The van der Waals surface area contributed by atoms with Gasteiger partial charge in [-0.05, 0) is 26.8 Å². The molecule has 0 spiro atoms. The van der Waals surface area contributed by atoms with E-state index >= 15 is 0 Å². The van der Waals surface area contributed by atoms with Gasteiger partial charge in [-0.25, -0.2) is 0 Å². The number of nitrogens with one attached hydrogen (secondary N) is 1. The number of aryl methyl sites for hydroxylation is 1. The molecule has 0 aromatic heterocycles. The Hall–Kier alpha value is -1.10. The van der Waals surface area contributed by atoms with E-state index in [4.69, 9.17) is 15.3 Å². The molecular formula is C13H22N2O2. The standard InChI is InChI=1S/C13H22N2O2/c1-9(2)17-8-12(15-14)11-7-10(3)5-6-13(11)16-4/h5-7,9,12,15H,8,14H2,1-4H3. The SMILES string of the molecule is COc1ccc(C)cc1C(COC(C)C)NN. The maximum Gasteiger partial charge on any atom is 0.123 e. The van der Waals surface area contributed by atoms with E-state index in [0.717, 1.165) is 11.3 Å². The summed E-state index contributed by atoms with van der Waals surface area (Å²) in [6.45, 7) is 6.57. The van der Waals surface area contributed by atoms with Gasteiger partial charge < -0.3 is 9.47 Å². The van der Waals surface area contributed by atoms with Crippen molar-refractivity contribution in [3.8, 4) is 5.75 Å². The number of benzene rings is 1. The van der Waals surface area contributed by atoms with Crippen LogP contribution in [0.25, 0.3) is 0 Å². The Morgan fingerprint density at radius 1 is 1.35 bits per heavy atom. The van der Waals surface area contributed by atoms with Crippen molar-refractivity contribution in [2.45, 2.75) is 32.9 Å². The summed E-state index contributed by atoms with van der Waals surface area (Å²) in [5.74, 6) is 6.40. The second kappa shape index (κ2) is 6.59. The maximum absolute atomic E-state index is 5.59. The van der Waals surface area contributed by atoms with Crippen LogP contribution in [0.2, 0.25) is 0 Å². The van der Waals surface area contributed by atoms with Crippen molar-refractivity contribution in [2.24, 2.45) is 5.84 Å². The van der Waals surface area contributed by atoms with Gasteiger partial charge in [0.15, 0.2) is 0 Å². The Labute approximate surface area is 103 Å². The average Bonchev–Trinajstić information content (AvgIpc) is 2.30. The van der Waals surface area contributed by atoms with Crippen molar-refractivity contribution >= 4 is 0 Å². The van der Waals surface area contributed by atoms with Gasteiger partial charge in [-0.15, -0.1) is 0 Å². The number of hydrogen-bond donors (Lipinski definition) is 2. The van der Waals surface area contributed by atoms with Crippen molar-refractivity contribution in [2.75, 3.05) is 13.7 Å². The van der Waals surface area contributed by atoms with Crippen LogP contribution in [-0.2, 0) is 4.74 Å². The third-order valence-corrected chi connectivity index (χ3v) is 2.56. The molecule has 1 rings (SSSR count).